The van der Waals surface area contributed by atoms with Crippen LogP contribution in [0.2, 0.25) is 0 Å². The number of nitrogens with one attached hydrogen (secondary N) is 2. The summed E-state index contributed by atoms with van der Waals surface area (Å²) in [5, 5.41) is 5.02. The number of hydrogen-bond donors (Lipinski definition) is 2. The molecule has 184 valence electrons. The van der Waals surface area contributed by atoms with E-state index in [1.54, 1.807) is 27.8 Å². The Bertz CT molecular complexity index is 1260. The van der Waals surface area contributed by atoms with Gasteiger partial charge in [-0.3, -0.25) is 14.4 Å². The zero-order valence-corrected chi connectivity index (χ0v) is 20.8. The Morgan fingerprint density at radius 2 is 1.68 bits per heavy atom. The maximum Gasteiger partial charge on any atom is 0.294 e. The average Bonchev–Trinajstić information content (AvgIpc) is 2.98. The fourth-order valence-corrected chi connectivity index (χ4v) is 5.67. The molecule has 0 saturated heterocycles. The highest BCUT2D eigenvalue weighted by Crippen LogP contribution is 2.26. The lowest BCUT2D eigenvalue weighted by molar-refractivity contribution is -0.117. The minimum Gasteiger partial charge on any atom is -0.346 e. The molecule has 1 saturated carbocycles. The zero-order chi connectivity index (χ0) is 25.4. The Labute approximate surface area is 198 Å². The van der Waals surface area contributed by atoms with Crippen LogP contribution in [0.3, 0.4) is 0 Å². The van der Waals surface area contributed by atoms with Gasteiger partial charge in [0.05, 0.1) is 16.5 Å². The number of amides is 2. The monoisotopic (exact) mass is 491 g/mol. The van der Waals surface area contributed by atoms with Gasteiger partial charge in [0, 0.05) is 30.7 Å². The van der Waals surface area contributed by atoms with Gasteiger partial charge in [-0.25, -0.2) is 12.8 Å². The van der Waals surface area contributed by atoms with Crippen LogP contribution in [-0.2, 0) is 21.7 Å². The molecule has 3 rings (SSSR count). The number of carbonyl (C=O) groups excluding carboxylic acids is 3. The van der Waals surface area contributed by atoms with E-state index in [1.165, 1.54) is 29.0 Å². The summed E-state index contributed by atoms with van der Waals surface area (Å²) in [6.45, 7) is 4.88. The van der Waals surface area contributed by atoms with Crippen molar-refractivity contribution < 1.29 is 27.2 Å². The molecular weight excluding hydrogens is 461 g/mol. The molecule has 1 aliphatic carbocycles. The van der Waals surface area contributed by atoms with E-state index in [0.29, 0.717) is 48.2 Å². The van der Waals surface area contributed by atoms with Gasteiger partial charge >= 0.3 is 0 Å². The Kier molecular flexibility index (Phi) is 7.30. The Morgan fingerprint density at radius 1 is 1.06 bits per heavy atom. The van der Waals surface area contributed by atoms with Crippen LogP contribution >= 0.6 is 0 Å². The number of halogens is 1. The van der Waals surface area contributed by atoms with Crippen molar-refractivity contribution >= 4 is 33.1 Å². The van der Waals surface area contributed by atoms with Gasteiger partial charge < -0.3 is 15.2 Å². The molecule has 1 fully saturated rings. The first-order valence-corrected chi connectivity index (χ1v) is 13.0. The summed E-state index contributed by atoms with van der Waals surface area (Å²) in [6, 6.07) is 3.95. The number of anilines is 1. The molecule has 0 aliphatic heterocycles. The largest absolute Gasteiger partial charge is 0.346 e. The molecule has 34 heavy (non-hydrogen) atoms. The maximum absolute atomic E-state index is 13.5. The number of Topliss-reactive ketones (excluding diaryl/α,β-unsaturated/α-hetero) is 1. The average molecular weight is 492 g/mol. The minimum atomic E-state index is -3.13. The lowest BCUT2D eigenvalue weighted by atomic mass is 9.94. The van der Waals surface area contributed by atoms with Gasteiger partial charge in [0.15, 0.2) is 0 Å². The number of rotatable bonds is 6. The van der Waals surface area contributed by atoms with Crippen molar-refractivity contribution in [3.63, 3.8) is 0 Å². The lowest BCUT2D eigenvalue weighted by Gasteiger charge is -2.27. The van der Waals surface area contributed by atoms with Crippen LogP contribution in [-0.4, -0.2) is 48.1 Å². The van der Waals surface area contributed by atoms with E-state index in [4.69, 9.17) is 0 Å². The van der Waals surface area contributed by atoms with Gasteiger partial charge in [-0.15, -0.1) is 0 Å². The molecule has 0 atom stereocenters. The number of aromatic nitrogens is 1. The topological polar surface area (TPSA) is 114 Å². The molecule has 8 nitrogen and oxygen atoms in total. The van der Waals surface area contributed by atoms with Crippen molar-refractivity contribution in [2.45, 2.75) is 57.7 Å². The van der Waals surface area contributed by atoms with E-state index in [0.717, 1.165) is 0 Å². The minimum absolute atomic E-state index is 0.111. The van der Waals surface area contributed by atoms with Crippen molar-refractivity contribution in [1.82, 2.24) is 9.88 Å². The molecule has 2 amide bonds. The van der Waals surface area contributed by atoms with Crippen LogP contribution in [0.1, 0.15) is 63.4 Å². The molecule has 10 heteroatoms. The lowest BCUT2D eigenvalue weighted by Crippen LogP contribution is -2.43. The molecule has 1 aromatic carbocycles. The van der Waals surface area contributed by atoms with E-state index < -0.39 is 32.7 Å². The quantitative estimate of drug-likeness (QED) is 0.476. The molecule has 1 heterocycles. The maximum atomic E-state index is 13.5. The first-order valence-electron chi connectivity index (χ1n) is 11.1. The zero-order valence-electron chi connectivity index (χ0n) is 20.0. The summed E-state index contributed by atoms with van der Waals surface area (Å²) in [5.74, 6) is -2.39. The van der Waals surface area contributed by atoms with Crippen molar-refractivity contribution in [2.24, 2.45) is 7.05 Å². The van der Waals surface area contributed by atoms with Gasteiger partial charge in [0.1, 0.15) is 15.7 Å². The van der Waals surface area contributed by atoms with E-state index in [-0.39, 0.29) is 23.1 Å². The van der Waals surface area contributed by atoms with E-state index in [1.807, 2.05) is 0 Å². The number of nitrogens with zero attached hydrogens (tertiary/aromatic N) is 1. The summed E-state index contributed by atoms with van der Waals surface area (Å²) < 4.78 is 38.5. The molecular formula is C24H30FN3O5S. The Morgan fingerprint density at radius 3 is 2.24 bits per heavy atom. The highest BCUT2D eigenvalue weighted by atomic mass is 32.2. The summed E-state index contributed by atoms with van der Waals surface area (Å²) in [7, 11) is -1.52. The van der Waals surface area contributed by atoms with Crippen molar-refractivity contribution in [2.75, 3.05) is 11.6 Å². The molecule has 0 unspecified atom stereocenters. The number of benzene rings is 1. The summed E-state index contributed by atoms with van der Waals surface area (Å²) in [4.78, 5) is 38.7. The molecule has 0 spiro atoms. The van der Waals surface area contributed by atoms with Crippen LogP contribution in [0, 0.1) is 26.6 Å². The third kappa shape index (κ3) is 5.22. The van der Waals surface area contributed by atoms with Crippen molar-refractivity contribution in [3.05, 3.63) is 52.1 Å². The summed E-state index contributed by atoms with van der Waals surface area (Å²) >= 11 is 0. The predicted molar refractivity (Wildman–Crippen MR) is 127 cm³/mol. The van der Waals surface area contributed by atoms with Gasteiger partial charge in [-0.1, -0.05) is 0 Å². The third-order valence-electron chi connectivity index (χ3n) is 6.61. The molecule has 1 aromatic heterocycles. The van der Waals surface area contributed by atoms with Crippen LogP contribution in [0.4, 0.5) is 10.1 Å². The van der Waals surface area contributed by atoms with Gasteiger partial charge in [-0.2, -0.15) is 0 Å². The first-order chi connectivity index (χ1) is 15.8. The molecule has 2 aromatic rings. The smallest absolute Gasteiger partial charge is 0.294 e. The third-order valence-corrected chi connectivity index (χ3v) is 8.29. The van der Waals surface area contributed by atoms with E-state index in [9.17, 15) is 27.2 Å². The molecule has 0 radical (unpaired) electrons. The summed E-state index contributed by atoms with van der Waals surface area (Å²) in [6.07, 6.45) is 3.05. The Hall–Kier alpha value is -3.01. The van der Waals surface area contributed by atoms with Gasteiger partial charge in [0.2, 0.25) is 0 Å². The second-order valence-corrected chi connectivity index (χ2v) is 11.3. The fraction of sp³-hybridized carbons (Fsp3) is 0.458. The van der Waals surface area contributed by atoms with Crippen LogP contribution in [0.15, 0.2) is 18.2 Å². The molecule has 2 N–H and O–H groups in total. The molecule has 0 bridgehead atoms. The van der Waals surface area contributed by atoms with Crippen molar-refractivity contribution in [1.29, 1.82) is 0 Å². The van der Waals surface area contributed by atoms with Crippen LogP contribution in [0.25, 0.3) is 0 Å². The predicted octanol–water partition coefficient (Wildman–Crippen LogP) is 3.00. The number of carbonyl (C=O) groups is 3. The summed E-state index contributed by atoms with van der Waals surface area (Å²) in [5.41, 5.74) is 2.07. The van der Waals surface area contributed by atoms with Crippen molar-refractivity contribution in [3.8, 4) is 0 Å². The first kappa shape index (κ1) is 25.6. The van der Waals surface area contributed by atoms with E-state index in [2.05, 4.69) is 10.6 Å². The second-order valence-electron chi connectivity index (χ2n) is 9.02. The standard InChI is InChI=1S/C24H30FN3O5S/c1-13-12-17(8-11-19(13)25)27-23(30)20-14(2)21(28(4)15(20)3)22(29)24(31)26-16-6-9-18(10-7-16)34(5,32)33/h8,11-12,16,18H,6-7,9-10H2,1-5H3,(H,26,31)(H,27,30)/t16-,18+. The van der Waals surface area contributed by atoms with Crippen LogP contribution in [0.5, 0.6) is 0 Å². The number of ketones is 1. The van der Waals surface area contributed by atoms with Gasteiger partial charge in [-0.05, 0) is 75.8 Å². The normalized spacial score (nSPS) is 18.4. The number of hydrogen-bond acceptors (Lipinski definition) is 5. The fourth-order valence-electron chi connectivity index (χ4n) is 4.54. The highest BCUT2D eigenvalue weighted by Gasteiger charge is 2.32. The SMILES string of the molecule is Cc1cc(NC(=O)c2c(C)c(C(=O)C(=O)N[C@H]3CC[C@@H](S(C)(=O)=O)CC3)n(C)c2C)ccc1F. The number of aryl methyl sites for hydroxylation is 1. The van der Waals surface area contributed by atoms with Crippen LogP contribution < -0.4 is 10.6 Å². The number of sulfone groups is 1. The highest BCUT2D eigenvalue weighted by molar-refractivity contribution is 7.91. The van der Waals surface area contributed by atoms with E-state index >= 15 is 0 Å². The molecule has 1 aliphatic rings. The second kappa shape index (κ2) is 9.69. The van der Waals surface area contributed by atoms with Gasteiger partial charge in [0.25, 0.3) is 17.6 Å². The Balaban J connectivity index is 1.75.